The van der Waals surface area contributed by atoms with E-state index in [4.69, 9.17) is 4.74 Å². The second-order valence-electron chi connectivity index (χ2n) is 4.66. The summed E-state index contributed by atoms with van der Waals surface area (Å²) in [5.41, 5.74) is 0. The van der Waals surface area contributed by atoms with Gasteiger partial charge in [-0.15, -0.1) is 0 Å². The lowest BCUT2D eigenvalue weighted by atomic mass is 10.1. The number of esters is 1. The third kappa shape index (κ3) is 14.8. The first-order chi connectivity index (χ1) is 9.16. The van der Waals surface area contributed by atoms with Crippen LogP contribution in [0.15, 0.2) is 24.1 Å². The zero-order valence-electron chi connectivity index (χ0n) is 12.3. The molecule has 110 valence electrons. The first-order valence-corrected chi connectivity index (χ1v) is 7.31. The molecule has 0 aliphatic rings. The molecule has 0 saturated carbocycles. The predicted molar refractivity (Wildman–Crippen MR) is 77.6 cm³/mol. The molecule has 0 aliphatic carbocycles. The van der Waals surface area contributed by atoms with Gasteiger partial charge in [0, 0.05) is 6.92 Å². The maximum absolute atomic E-state index is 13.2. The Bertz CT molecular complexity index is 282. The monoisotopic (exact) mass is 270 g/mol. The van der Waals surface area contributed by atoms with Crippen LogP contribution in [0.2, 0.25) is 0 Å². The predicted octanol–water partition coefficient (Wildman–Crippen LogP) is 5.10. The summed E-state index contributed by atoms with van der Waals surface area (Å²) in [5.74, 6) is -0.237. The number of carbonyl (C=O) groups excluding carboxylic acids is 1. The van der Waals surface area contributed by atoms with E-state index in [-0.39, 0.29) is 11.8 Å². The second-order valence-corrected chi connectivity index (χ2v) is 4.66. The molecule has 19 heavy (non-hydrogen) atoms. The lowest BCUT2D eigenvalue weighted by molar-refractivity contribution is -0.141. The van der Waals surface area contributed by atoms with Crippen molar-refractivity contribution >= 4 is 5.97 Å². The highest BCUT2D eigenvalue weighted by molar-refractivity contribution is 5.65. The number of hydrogen-bond acceptors (Lipinski definition) is 2. The SMILES string of the molecule is CC/C=C/C=C(/F)CCCCCCCCOC(C)=O. The van der Waals surface area contributed by atoms with Crippen LogP contribution in [-0.2, 0) is 9.53 Å². The van der Waals surface area contributed by atoms with Crippen molar-refractivity contribution in [1.82, 2.24) is 0 Å². The second kappa shape index (κ2) is 13.3. The molecule has 0 amide bonds. The van der Waals surface area contributed by atoms with Crippen molar-refractivity contribution in [3.8, 4) is 0 Å². The average Bonchev–Trinajstić information content (AvgIpc) is 2.36. The third-order valence-electron chi connectivity index (χ3n) is 2.76. The van der Waals surface area contributed by atoms with E-state index in [1.807, 2.05) is 13.0 Å². The van der Waals surface area contributed by atoms with Gasteiger partial charge in [-0.25, -0.2) is 4.39 Å². The number of carbonyl (C=O) groups is 1. The van der Waals surface area contributed by atoms with Gasteiger partial charge in [0.05, 0.1) is 12.4 Å². The highest BCUT2D eigenvalue weighted by Crippen LogP contribution is 2.12. The fourth-order valence-electron chi connectivity index (χ4n) is 1.71. The molecule has 0 radical (unpaired) electrons. The van der Waals surface area contributed by atoms with Crippen molar-refractivity contribution < 1.29 is 13.9 Å². The summed E-state index contributed by atoms with van der Waals surface area (Å²) in [7, 11) is 0. The molecule has 0 bridgehead atoms. The number of unbranched alkanes of at least 4 members (excludes halogenated alkanes) is 5. The topological polar surface area (TPSA) is 26.3 Å². The van der Waals surface area contributed by atoms with Crippen LogP contribution in [0.4, 0.5) is 4.39 Å². The molecule has 2 nitrogen and oxygen atoms in total. The zero-order chi connectivity index (χ0) is 14.3. The smallest absolute Gasteiger partial charge is 0.302 e. The Labute approximate surface area is 116 Å². The fourth-order valence-corrected chi connectivity index (χ4v) is 1.71. The molecule has 0 saturated heterocycles. The number of halogens is 1. The first kappa shape index (κ1) is 17.9. The van der Waals surface area contributed by atoms with Crippen molar-refractivity contribution in [3.05, 3.63) is 24.1 Å². The van der Waals surface area contributed by atoms with E-state index < -0.39 is 0 Å². The fraction of sp³-hybridized carbons (Fsp3) is 0.688. The maximum Gasteiger partial charge on any atom is 0.302 e. The first-order valence-electron chi connectivity index (χ1n) is 7.31. The maximum atomic E-state index is 13.2. The standard InChI is InChI=1S/C16H27FO2/c1-3-4-9-12-16(17)13-10-7-5-6-8-11-14-19-15(2)18/h4,9,12H,3,5-8,10-11,13-14H2,1-2H3/b9-4+,16-12+. The van der Waals surface area contributed by atoms with Crippen LogP contribution < -0.4 is 0 Å². The summed E-state index contributed by atoms with van der Waals surface area (Å²) in [5, 5.41) is 0. The van der Waals surface area contributed by atoms with E-state index in [9.17, 15) is 9.18 Å². The summed E-state index contributed by atoms with van der Waals surface area (Å²) in [4.78, 5) is 10.5. The van der Waals surface area contributed by atoms with Crippen LogP contribution in [0, 0.1) is 0 Å². The summed E-state index contributed by atoms with van der Waals surface area (Å²) >= 11 is 0. The van der Waals surface area contributed by atoms with E-state index in [0.717, 1.165) is 44.9 Å². The van der Waals surface area contributed by atoms with E-state index >= 15 is 0 Å². The number of allylic oxidation sites excluding steroid dienone is 4. The Morgan fingerprint density at radius 1 is 1.11 bits per heavy atom. The van der Waals surface area contributed by atoms with Gasteiger partial charge in [-0.3, -0.25) is 4.79 Å². The van der Waals surface area contributed by atoms with Gasteiger partial charge >= 0.3 is 5.97 Å². The molecule has 0 rings (SSSR count). The molecule has 0 aromatic heterocycles. The molecule has 3 heteroatoms. The minimum Gasteiger partial charge on any atom is -0.466 e. The quantitative estimate of drug-likeness (QED) is 0.296. The molecular weight excluding hydrogens is 243 g/mol. The Balaban J connectivity index is 3.29. The molecule has 0 fully saturated rings. The zero-order valence-corrected chi connectivity index (χ0v) is 12.3. The molecule has 0 aromatic carbocycles. The minimum absolute atomic E-state index is 0.0282. The third-order valence-corrected chi connectivity index (χ3v) is 2.76. The van der Waals surface area contributed by atoms with Crippen LogP contribution in [0.5, 0.6) is 0 Å². The normalized spacial score (nSPS) is 12.1. The van der Waals surface area contributed by atoms with Gasteiger partial charge in [0.2, 0.25) is 0 Å². The van der Waals surface area contributed by atoms with Crippen molar-refractivity contribution in [3.63, 3.8) is 0 Å². The highest BCUT2D eigenvalue weighted by atomic mass is 19.1. The van der Waals surface area contributed by atoms with Gasteiger partial charge in [0.15, 0.2) is 0 Å². The van der Waals surface area contributed by atoms with Crippen molar-refractivity contribution in [2.24, 2.45) is 0 Å². The molecule has 0 spiro atoms. The molecule has 0 N–H and O–H groups in total. The van der Waals surface area contributed by atoms with Gasteiger partial charge in [0.25, 0.3) is 0 Å². The lowest BCUT2D eigenvalue weighted by Crippen LogP contribution is -2.00. The Kier molecular flexibility index (Phi) is 12.5. The number of ether oxygens (including phenoxy) is 1. The van der Waals surface area contributed by atoms with Gasteiger partial charge in [-0.05, 0) is 31.8 Å². The van der Waals surface area contributed by atoms with E-state index in [0.29, 0.717) is 13.0 Å². The molecule has 0 heterocycles. The number of hydrogen-bond donors (Lipinski definition) is 0. The summed E-state index contributed by atoms with van der Waals surface area (Å²) < 4.78 is 18.1. The van der Waals surface area contributed by atoms with Crippen LogP contribution in [0.1, 0.15) is 65.2 Å². The Morgan fingerprint density at radius 2 is 1.74 bits per heavy atom. The largest absolute Gasteiger partial charge is 0.466 e. The summed E-state index contributed by atoms with van der Waals surface area (Å²) in [6.07, 6.45) is 13.0. The Morgan fingerprint density at radius 3 is 2.37 bits per heavy atom. The van der Waals surface area contributed by atoms with Gasteiger partial charge < -0.3 is 4.74 Å². The summed E-state index contributed by atoms with van der Waals surface area (Å²) in [6, 6.07) is 0. The van der Waals surface area contributed by atoms with Crippen molar-refractivity contribution in [1.29, 1.82) is 0 Å². The van der Waals surface area contributed by atoms with E-state index in [2.05, 4.69) is 0 Å². The van der Waals surface area contributed by atoms with E-state index in [1.54, 1.807) is 12.2 Å². The minimum atomic E-state index is -0.209. The molecule has 0 unspecified atom stereocenters. The van der Waals surface area contributed by atoms with Crippen LogP contribution >= 0.6 is 0 Å². The van der Waals surface area contributed by atoms with Crippen LogP contribution in [-0.4, -0.2) is 12.6 Å². The van der Waals surface area contributed by atoms with Crippen LogP contribution in [0.3, 0.4) is 0 Å². The van der Waals surface area contributed by atoms with Crippen molar-refractivity contribution in [2.45, 2.75) is 65.2 Å². The van der Waals surface area contributed by atoms with Crippen LogP contribution in [0.25, 0.3) is 0 Å². The Hall–Kier alpha value is -1.12. The van der Waals surface area contributed by atoms with Gasteiger partial charge in [-0.1, -0.05) is 44.8 Å². The average molecular weight is 270 g/mol. The number of rotatable bonds is 11. The van der Waals surface area contributed by atoms with Gasteiger partial charge in [0.1, 0.15) is 0 Å². The van der Waals surface area contributed by atoms with Gasteiger partial charge in [-0.2, -0.15) is 0 Å². The van der Waals surface area contributed by atoms with Crippen molar-refractivity contribution in [2.75, 3.05) is 6.61 Å². The molecule has 0 aliphatic heterocycles. The molecular formula is C16H27FO2. The highest BCUT2D eigenvalue weighted by Gasteiger charge is 1.96. The lowest BCUT2D eigenvalue weighted by Gasteiger charge is -2.02. The molecule has 0 atom stereocenters. The molecule has 0 aromatic rings. The van der Waals surface area contributed by atoms with E-state index in [1.165, 1.54) is 6.92 Å². The summed E-state index contributed by atoms with van der Waals surface area (Å²) in [6.45, 7) is 3.98.